The fourth-order valence-electron chi connectivity index (χ4n) is 1.46. The second kappa shape index (κ2) is 6.15. The molecule has 4 N–H and O–H groups in total. The predicted molar refractivity (Wildman–Crippen MR) is 70.1 cm³/mol. The minimum atomic E-state index is -0.581. The fraction of sp³-hybridized carbons (Fsp3) is 0.182. The molecule has 0 unspecified atom stereocenters. The highest BCUT2D eigenvalue weighted by Crippen LogP contribution is 2.26. The Morgan fingerprint density at radius 2 is 1.78 bits per heavy atom. The highest BCUT2D eigenvalue weighted by molar-refractivity contribution is 9.10. The molecule has 0 saturated carbocycles. The van der Waals surface area contributed by atoms with Crippen LogP contribution in [0.15, 0.2) is 22.7 Å². The van der Waals surface area contributed by atoms with Crippen LogP contribution in [-0.2, 0) is 9.59 Å². The lowest BCUT2D eigenvalue weighted by atomic mass is 10.2. The van der Waals surface area contributed by atoms with Crippen LogP contribution in [0.5, 0.6) is 0 Å². The maximum Gasteiger partial charge on any atom is 0.236 e. The Kier molecular flexibility index (Phi) is 4.85. The number of nitrogens with zero attached hydrogens (tertiary/aromatic N) is 1. The Balaban J connectivity index is 3.07. The molecule has 0 radical (unpaired) electrons. The van der Waals surface area contributed by atoms with Crippen molar-refractivity contribution in [2.24, 2.45) is 11.5 Å². The average molecular weight is 314 g/mol. The van der Waals surface area contributed by atoms with E-state index in [4.69, 9.17) is 11.5 Å². The number of carbonyl (C=O) groups is 3. The number of carbonyl (C=O) groups excluding carboxylic acids is 3. The normalized spacial score (nSPS) is 9.83. The lowest BCUT2D eigenvalue weighted by molar-refractivity contribution is -0.117. The minimum absolute atomic E-state index is 0.137. The molecule has 1 aromatic carbocycles. The molecule has 0 saturated heterocycles. The largest absolute Gasteiger partial charge is 0.368 e. The summed E-state index contributed by atoms with van der Waals surface area (Å²) in [7, 11) is 0. The molecular weight excluding hydrogens is 302 g/mol. The zero-order valence-electron chi connectivity index (χ0n) is 9.43. The fourth-order valence-corrected chi connectivity index (χ4v) is 2.10. The maximum absolute atomic E-state index is 11.0. The van der Waals surface area contributed by atoms with Gasteiger partial charge in [0, 0.05) is 10.0 Å². The summed E-state index contributed by atoms with van der Waals surface area (Å²) in [6, 6.07) is 4.76. The Hall–Kier alpha value is -1.89. The first-order chi connectivity index (χ1) is 8.43. The summed E-state index contributed by atoms with van der Waals surface area (Å²) in [5.74, 6) is -1.16. The summed E-state index contributed by atoms with van der Waals surface area (Å²) < 4.78 is 0.578. The quantitative estimate of drug-likeness (QED) is 0.723. The van der Waals surface area contributed by atoms with Crippen LogP contribution in [-0.4, -0.2) is 31.2 Å². The van der Waals surface area contributed by atoms with Gasteiger partial charge in [-0.3, -0.25) is 14.4 Å². The van der Waals surface area contributed by atoms with Crippen LogP contribution in [0, 0.1) is 0 Å². The molecule has 2 amide bonds. The first-order valence-corrected chi connectivity index (χ1v) is 5.79. The van der Waals surface area contributed by atoms with Gasteiger partial charge >= 0.3 is 0 Å². The van der Waals surface area contributed by atoms with Gasteiger partial charge in [-0.25, -0.2) is 0 Å². The van der Waals surface area contributed by atoms with Gasteiger partial charge in [0.05, 0.1) is 18.8 Å². The predicted octanol–water partition coefficient (Wildman–Crippen LogP) is 0.0386. The second-order valence-corrected chi connectivity index (χ2v) is 4.47. The highest BCUT2D eigenvalue weighted by Gasteiger charge is 2.15. The summed E-state index contributed by atoms with van der Waals surface area (Å²) in [6.45, 7) is -0.274. The van der Waals surface area contributed by atoms with E-state index in [1.54, 1.807) is 18.2 Å². The van der Waals surface area contributed by atoms with E-state index in [9.17, 15) is 14.4 Å². The Morgan fingerprint density at radius 3 is 2.17 bits per heavy atom. The summed E-state index contributed by atoms with van der Waals surface area (Å²) in [6.07, 6.45) is 0.695. The number of anilines is 1. The summed E-state index contributed by atoms with van der Waals surface area (Å²) >= 11 is 3.26. The molecule has 0 aliphatic carbocycles. The number of nitrogens with two attached hydrogens (primary N) is 2. The third kappa shape index (κ3) is 3.85. The minimum Gasteiger partial charge on any atom is -0.368 e. The number of rotatable bonds is 6. The Bertz CT molecular complexity index is 474. The van der Waals surface area contributed by atoms with Crippen molar-refractivity contribution in [3.63, 3.8) is 0 Å². The van der Waals surface area contributed by atoms with Crippen LogP contribution in [0.3, 0.4) is 0 Å². The zero-order chi connectivity index (χ0) is 13.7. The molecular formula is C11H12BrN3O3. The molecule has 0 spiro atoms. The summed E-state index contributed by atoms with van der Waals surface area (Å²) in [5.41, 5.74) is 11.3. The molecule has 18 heavy (non-hydrogen) atoms. The number of benzene rings is 1. The van der Waals surface area contributed by atoms with Crippen LogP contribution >= 0.6 is 15.9 Å². The third-order valence-electron chi connectivity index (χ3n) is 2.14. The third-order valence-corrected chi connectivity index (χ3v) is 2.78. The molecule has 0 bridgehead atoms. The topological polar surface area (TPSA) is 106 Å². The van der Waals surface area contributed by atoms with Crippen LogP contribution < -0.4 is 16.4 Å². The molecule has 0 atom stereocenters. The van der Waals surface area contributed by atoms with E-state index in [-0.39, 0.29) is 13.1 Å². The molecule has 0 aliphatic rings. The first kappa shape index (κ1) is 14.2. The van der Waals surface area contributed by atoms with Crippen molar-refractivity contribution in [1.29, 1.82) is 0 Å². The van der Waals surface area contributed by atoms with E-state index >= 15 is 0 Å². The van der Waals surface area contributed by atoms with E-state index in [1.807, 2.05) is 0 Å². The van der Waals surface area contributed by atoms with Gasteiger partial charge < -0.3 is 16.4 Å². The van der Waals surface area contributed by atoms with Crippen LogP contribution in [0.4, 0.5) is 5.69 Å². The number of aldehydes is 1. The van der Waals surface area contributed by atoms with Crippen molar-refractivity contribution < 1.29 is 14.4 Å². The van der Waals surface area contributed by atoms with E-state index in [2.05, 4.69) is 15.9 Å². The number of hydrogen-bond donors (Lipinski definition) is 2. The molecule has 0 heterocycles. The lowest BCUT2D eigenvalue weighted by Crippen LogP contribution is -2.39. The molecule has 7 heteroatoms. The molecule has 96 valence electrons. The maximum atomic E-state index is 11.0. The van der Waals surface area contributed by atoms with Crippen molar-refractivity contribution in [1.82, 2.24) is 0 Å². The molecule has 0 aliphatic heterocycles. The van der Waals surface area contributed by atoms with Gasteiger partial charge in [-0.15, -0.1) is 0 Å². The Labute approximate surface area is 112 Å². The second-order valence-electron chi connectivity index (χ2n) is 3.62. The van der Waals surface area contributed by atoms with E-state index in [0.29, 0.717) is 22.0 Å². The first-order valence-electron chi connectivity index (χ1n) is 5.00. The van der Waals surface area contributed by atoms with Crippen molar-refractivity contribution in [2.75, 3.05) is 18.0 Å². The molecule has 0 aromatic heterocycles. The van der Waals surface area contributed by atoms with Gasteiger partial charge in [-0.2, -0.15) is 0 Å². The number of primary amides is 2. The molecule has 1 aromatic rings. The highest BCUT2D eigenvalue weighted by atomic mass is 79.9. The number of hydrogen-bond acceptors (Lipinski definition) is 4. The average Bonchev–Trinajstić information content (AvgIpc) is 2.26. The van der Waals surface area contributed by atoms with E-state index in [1.165, 1.54) is 4.90 Å². The molecule has 1 rings (SSSR count). The zero-order valence-corrected chi connectivity index (χ0v) is 11.0. The van der Waals surface area contributed by atoms with Gasteiger partial charge in [-0.1, -0.05) is 0 Å². The summed E-state index contributed by atoms with van der Waals surface area (Å²) in [5, 5.41) is 0. The Morgan fingerprint density at radius 1 is 1.22 bits per heavy atom. The number of amides is 2. The molecule has 0 fully saturated rings. The van der Waals surface area contributed by atoms with Crippen molar-refractivity contribution in [3.05, 3.63) is 28.2 Å². The lowest BCUT2D eigenvalue weighted by Gasteiger charge is -2.23. The number of halogens is 1. The van der Waals surface area contributed by atoms with Gasteiger partial charge in [0.25, 0.3) is 0 Å². The monoisotopic (exact) mass is 313 g/mol. The van der Waals surface area contributed by atoms with Crippen LogP contribution in [0.2, 0.25) is 0 Å². The van der Waals surface area contributed by atoms with E-state index < -0.39 is 11.8 Å². The van der Waals surface area contributed by atoms with Gasteiger partial charge in [0.2, 0.25) is 11.8 Å². The van der Waals surface area contributed by atoms with Gasteiger partial charge in [0.15, 0.2) is 0 Å². The van der Waals surface area contributed by atoms with Crippen molar-refractivity contribution in [2.45, 2.75) is 0 Å². The van der Waals surface area contributed by atoms with Crippen molar-refractivity contribution in [3.8, 4) is 0 Å². The van der Waals surface area contributed by atoms with Crippen LogP contribution in [0.25, 0.3) is 0 Å². The van der Waals surface area contributed by atoms with Gasteiger partial charge in [0.1, 0.15) is 6.29 Å². The van der Waals surface area contributed by atoms with Crippen molar-refractivity contribution >= 4 is 39.7 Å². The van der Waals surface area contributed by atoms with Gasteiger partial charge in [-0.05, 0) is 34.1 Å². The molecule has 6 nitrogen and oxygen atoms in total. The van der Waals surface area contributed by atoms with Crippen LogP contribution in [0.1, 0.15) is 10.4 Å². The smallest absolute Gasteiger partial charge is 0.236 e. The summed E-state index contributed by atoms with van der Waals surface area (Å²) in [4.78, 5) is 34.0. The standard InChI is InChI=1S/C11H12BrN3O3/c12-8-3-7(6-16)1-2-9(8)15(4-10(13)17)5-11(14)18/h1-3,6H,4-5H2,(H2,13,17)(H2,14,18). The SMILES string of the molecule is NC(=O)CN(CC(N)=O)c1ccc(C=O)cc1Br. The van der Waals surface area contributed by atoms with E-state index in [0.717, 1.165) is 0 Å².